The number of aliphatic hydroxyl groups is 2. The highest BCUT2D eigenvalue weighted by molar-refractivity contribution is 7.86. The molecule has 0 radical (unpaired) electrons. The van der Waals surface area contributed by atoms with E-state index in [1.165, 1.54) is 4.63 Å². The Hall–Kier alpha value is -6.63. The second kappa shape index (κ2) is 17.7. The van der Waals surface area contributed by atoms with Crippen LogP contribution in [-0.2, 0) is 32.1 Å². The van der Waals surface area contributed by atoms with Gasteiger partial charge in [-0.1, -0.05) is 20.8 Å². The molecule has 6 aromatic rings. The van der Waals surface area contributed by atoms with Gasteiger partial charge in [-0.15, -0.1) is 15.3 Å². The number of aromatic amines is 1. The molecule has 0 atom stereocenters. The van der Waals surface area contributed by atoms with Crippen molar-refractivity contribution in [3.8, 4) is 17.5 Å². The third-order valence-corrected chi connectivity index (χ3v) is 10.0. The maximum atomic E-state index is 12.3. The summed E-state index contributed by atoms with van der Waals surface area (Å²) in [7, 11) is -9.79. The maximum Gasteiger partial charge on any atom is 0.296 e. The molecule has 4 aromatic heterocycles. The van der Waals surface area contributed by atoms with Crippen molar-refractivity contribution in [2.24, 2.45) is 10.2 Å². The number of H-pyrrole nitrogens is 1. The number of aryl methyl sites for hydroxylation is 1. The lowest BCUT2D eigenvalue weighted by molar-refractivity contribution is 0.310. The summed E-state index contributed by atoms with van der Waals surface area (Å²) >= 11 is 0. The van der Waals surface area contributed by atoms with E-state index in [0.29, 0.717) is 42.4 Å². The van der Waals surface area contributed by atoms with Gasteiger partial charge in [-0.3, -0.25) is 14.2 Å². The molecule has 60 heavy (non-hydrogen) atoms. The van der Waals surface area contributed by atoms with E-state index in [1.54, 1.807) is 24.3 Å². The number of fused-ring (bicyclic) bond motifs is 1. The van der Waals surface area contributed by atoms with Gasteiger partial charge in [-0.25, -0.2) is 9.67 Å². The lowest BCUT2D eigenvalue weighted by atomic mass is 9.91. The van der Waals surface area contributed by atoms with Crippen molar-refractivity contribution in [1.82, 2.24) is 44.5 Å². The molecule has 4 heterocycles. The van der Waals surface area contributed by atoms with Gasteiger partial charge in [0.15, 0.2) is 17.3 Å². The fraction of sp³-hybridized carbons (Fsp3) is 0.324. The second-order valence-corrected chi connectivity index (χ2v) is 16.6. The Bertz CT molecular complexity index is 2760. The normalized spacial score (nSPS) is 12.2. The number of aliphatic hydroxyl groups excluding tert-OH is 2. The number of rotatable bonds is 18. The monoisotopic (exact) mass is 865 g/mol. The summed E-state index contributed by atoms with van der Waals surface area (Å²) in [5, 5.41) is 57.3. The minimum atomic E-state index is -4.96. The highest BCUT2D eigenvalue weighted by Gasteiger charge is 2.27. The van der Waals surface area contributed by atoms with E-state index in [2.05, 4.69) is 61.4 Å². The Morgan fingerprint density at radius 3 is 2.17 bits per heavy atom. The first kappa shape index (κ1) is 43.0. The molecule has 0 aliphatic rings. The Morgan fingerprint density at radius 1 is 0.900 bits per heavy atom. The fourth-order valence-corrected chi connectivity index (χ4v) is 6.67. The Morgan fingerprint density at radius 2 is 1.57 bits per heavy atom. The molecule has 26 heteroatoms. The van der Waals surface area contributed by atoms with E-state index >= 15 is 0 Å². The van der Waals surface area contributed by atoms with E-state index in [1.807, 2.05) is 26.8 Å². The van der Waals surface area contributed by atoms with Crippen LogP contribution in [0.2, 0.25) is 0 Å². The van der Waals surface area contributed by atoms with E-state index in [0.717, 1.165) is 29.1 Å². The molecule has 24 nitrogen and oxygen atoms in total. The van der Waals surface area contributed by atoms with Gasteiger partial charge in [-0.05, 0) is 48.9 Å². The molecule has 6 rings (SSSR count). The second-order valence-electron chi connectivity index (χ2n) is 13.7. The maximum absolute atomic E-state index is 12.3. The van der Waals surface area contributed by atoms with Gasteiger partial charge in [0.2, 0.25) is 23.5 Å². The summed E-state index contributed by atoms with van der Waals surface area (Å²) in [6, 6.07) is 11.3. The highest BCUT2D eigenvalue weighted by Crippen LogP contribution is 2.36. The van der Waals surface area contributed by atoms with Crippen molar-refractivity contribution < 1.29 is 40.9 Å². The van der Waals surface area contributed by atoms with Gasteiger partial charge >= 0.3 is 0 Å². The summed E-state index contributed by atoms with van der Waals surface area (Å²) in [5.41, 5.74) is 0.474. The molecular formula is C34H39N15O9S2. The highest BCUT2D eigenvalue weighted by atomic mass is 32.2. The smallest absolute Gasteiger partial charge is 0.296 e. The van der Waals surface area contributed by atoms with Crippen LogP contribution in [0.1, 0.15) is 44.3 Å². The van der Waals surface area contributed by atoms with E-state index in [4.69, 9.17) is 14.9 Å². The SMILES string of the molecule is CC(C)(C)c1[nH]n2nc(CCCOc3ccc(Nc4nc(NCCO)nc(NCCO)n4)cc3)nc2c1N=Nc1c(C#N)cnn1-c1cc(S(=O)(=O)O)ccc1S(=O)(=O)O. The Labute approximate surface area is 341 Å². The summed E-state index contributed by atoms with van der Waals surface area (Å²) in [6.45, 7) is 6.26. The van der Waals surface area contributed by atoms with Gasteiger partial charge in [0.25, 0.3) is 20.2 Å². The first-order chi connectivity index (χ1) is 28.5. The molecule has 0 fully saturated rings. The van der Waals surface area contributed by atoms with Crippen molar-refractivity contribution in [3.63, 3.8) is 0 Å². The standard InChI is InChI=1S/C34H39N15O9S2/c1-34(2,3)28-27(44-45-29-20(18-35)19-38-48(29)24-17-23(59(52,53)54)10-11-25(24)60(55,56)57)30-40-26(46-49(30)47-28)5-4-16-58-22-8-6-21(7-9-22)39-33-42-31(36-12-14-50)41-32(43-33)37-13-15-51/h6-11,17,19,47,50-51H,4-5,12-16H2,1-3H3,(H,52,53,54)(H,55,56,57)(H3,36,37,39,41,42,43). The van der Waals surface area contributed by atoms with Crippen LogP contribution in [0.15, 0.2) is 68.7 Å². The molecular weight excluding hydrogens is 827 g/mol. The molecule has 0 unspecified atom stereocenters. The van der Waals surface area contributed by atoms with Crippen LogP contribution in [-0.4, -0.2) is 114 Å². The summed E-state index contributed by atoms with van der Waals surface area (Å²) < 4.78 is 76.0. The van der Waals surface area contributed by atoms with Crippen LogP contribution in [0, 0.1) is 11.3 Å². The zero-order chi connectivity index (χ0) is 43.2. The zero-order valence-electron chi connectivity index (χ0n) is 32.1. The summed E-state index contributed by atoms with van der Waals surface area (Å²) in [6.07, 6.45) is 1.98. The molecule has 0 aliphatic carbocycles. The van der Waals surface area contributed by atoms with Crippen molar-refractivity contribution >= 4 is 60.9 Å². The first-order valence-electron chi connectivity index (χ1n) is 17.9. The van der Waals surface area contributed by atoms with Gasteiger partial charge in [-0.2, -0.15) is 46.8 Å². The zero-order valence-corrected chi connectivity index (χ0v) is 33.8. The van der Waals surface area contributed by atoms with Crippen molar-refractivity contribution in [2.75, 3.05) is 48.9 Å². The largest absolute Gasteiger partial charge is 0.494 e. The minimum absolute atomic E-state index is 0.115. The van der Waals surface area contributed by atoms with Crippen LogP contribution in [0.3, 0.4) is 0 Å². The topological polar surface area (TPSA) is 346 Å². The number of azo groups is 1. The number of nitrogens with one attached hydrogen (secondary N) is 4. The quantitative estimate of drug-likeness (QED) is 0.0349. The predicted molar refractivity (Wildman–Crippen MR) is 213 cm³/mol. The van der Waals surface area contributed by atoms with Crippen molar-refractivity contribution in [2.45, 2.75) is 48.8 Å². The van der Waals surface area contributed by atoms with Crippen LogP contribution in [0.25, 0.3) is 11.3 Å². The molecule has 0 saturated heterocycles. The molecule has 8 N–H and O–H groups in total. The average molecular weight is 866 g/mol. The Kier molecular flexibility index (Phi) is 12.7. The number of nitrogens with zero attached hydrogens (tertiary/aromatic N) is 11. The third kappa shape index (κ3) is 10.1. The number of anilines is 4. The van der Waals surface area contributed by atoms with Gasteiger partial charge in [0, 0.05) is 30.6 Å². The van der Waals surface area contributed by atoms with E-state index in [-0.39, 0.29) is 66.9 Å². The van der Waals surface area contributed by atoms with E-state index in [9.17, 15) is 31.2 Å². The van der Waals surface area contributed by atoms with Gasteiger partial charge in [0.1, 0.15) is 22.3 Å². The van der Waals surface area contributed by atoms with Crippen molar-refractivity contribution in [3.05, 3.63) is 65.7 Å². The molecule has 316 valence electrons. The van der Waals surface area contributed by atoms with Crippen LogP contribution < -0.4 is 20.7 Å². The van der Waals surface area contributed by atoms with Crippen LogP contribution in [0.5, 0.6) is 5.75 Å². The van der Waals surface area contributed by atoms with Crippen LogP contribution in [0.4, 0.5) is 35.0 Å². The molecule has 0 spiro atoms. The lowest BCUT2D eigenvalue weighted by Crippen LogP contribution is -2.14. The van der Waals surface area contributed by atoms with E-state index < -0.39 is 41.1 Å². The number of hydrogen-bond acceptors (Lipinski definition) is 19. The molecule has 0 bridgehead atoms. The Balaban J connectivity index is 1.17. The molecule has 0 amide bonds. The predicted octanol–water partition coefficient (Wildman–Crippen LogP) is 3.07. The fourth-order valence-electron chi connectivity index (χ4n) is 5.52. The van der Waals surface area contributed by atoms with Crippen molar-refractivity contribution in [1.29, 1.82) is 5.26 Å². The third-order valence-electron chi connectivity index (χ3n) is 8.26. The number of hydrogen-bond donors (Lipinski definition) is 8. The molecule has 0 aliphatic heterocycles. The number of benzene rings is 2. The number of ether oxygens (including phenoxy) is 1. The summed E-state index contributed by atoms with van der Waals surface area (Å²) in [4.78, 5) is 16.0. The molecule has 2 aromatic carbocycles. The molecule has 0 saturated carbocycles. The van der Waals surface area contributed by atoms with Crippen LogP contribution >= 0.6 is 0 Å². The average Bonchev–Trinajstić information content (AvgIpc) is 3.89. The first-order valence-corrected chi connectivity index (χ1v) is 20.8. The van der Waals surface area contributed by atoms with Gasteiger partial charge in [0.05, 0.1) is 42.3 Å². The summed E-state index contributed by atoms with van der Waals surface area (Å²) in [5.74, 6) is 1.44. The number of aromatic nitrogens is 9. The lowest BCUT2D eigenvalue weighted by Gasteiger charge is -2.16. The minimum Gasteiger partial charge on any atom is -0.494 e. The van der Waals surface area contributed by atoms with Gasteiger partial charge < -0.3 is 30.9 Å². The number of nitriles is 1.